The third-order valence-corrected chi connectivity index (χ3v) is 6.01. The number of ether oxygens (including phenoxy) is 2. The number of piperidine rings is 2. The first-order chi connectivity index (χ1) is 13.4. The zero-order chi connectivity index (χ0) is 19.8. The number of aliphatic hydroxyl groups is 1. The molecule has 1 atom stereocenters. The van der Waals surface area contributed by atoms with Gasteiger partial charge in [0.15, 0.2) is 23.0 Å². The number of carbonyl (C=O) groups excluding carboxylic acids is 1. The lowest BCUT2D eigenvalue weighted by Gasteiger charge is -2.43. The summed E-state index contributed by atoms with van der Waals surface area (Å²) in [5, 5.41) is 11.1. The Labute approximate surface area is 163 Å². The van der Waals surface area contributed by atoms with Gasteiger partial charge < -0.3 is 19.5 Å². The average Bonchev–Trinajstić information content (AvgIpc) is 3.13. The number of rotatable bonds is 4. The van der Waals surface area contributed by atoms with Crippen molar-refractivity contribution < 1.29 is 28.2 Å². The first kappa shape index (κ1) is 19.7. The highest BCUT2D eigenvalue weighted by atomic mass is 19.2. The predicted octanol–water partition coefficient (Wildman–Crippen LogP) is 1.66. The molecule has 0 aromatic heterocycles. The van der Waals surface area contributed by atoms with Gasteiger partial charge in [-0.25, -0.2) is 8.78 Å². The van der Waals surface area contributed by atoms with Crippen molar-refractivity contribution in [2.75, 3.05) is 39.4 Å². The summed E-state index contributed by atoms with van der Waals surface area (Å²) >= 11 is 0. The maximum Gasteiger partial charge on any atom is 0.256 e. The van der Waals surface area contributed by atoms with E-state index < -0.39 is 28.9 Å². The number of hydrogen-bond acceptors (Lipinski definition) is 5. The van der Waals surface area contributed by atoms with Crippen LogP contribution in [0.1, 0.15) is 31.2 Å². The van der Waals surface area contributed by atoms with Gasteiger partial charge in [-0.05, 0) is 18.9 Å². The third kappa shape index (κ3) is 3.78. The van der Waals surface area contributed by atoms with Gasteiger partial charge in [-0.1, -0.05) is 12.1 Å². The average molecular weight is 396 g/mol. The van der Waals surface area contributed by atoms with E-state index in [0.29, 0.717) is 58.5 Å². The van der Waals surface area contributed by atoms with Crippen molar-refractivity contribution >= 4 is 5.91 Å². The molecule has 154 valence electrons. The predicted molar refractivity (Wildman–Crippen MR) is 96.3 cm³/mol. The molecule has 0 saturated carbocycles. The van der Waals surface area contributed by atoms with Crippen LogP contribution in [0.3, 0.4) is 0 Å². The Hall–Kier alpha value is -1.61. The van der Waals surface area contributed by atoms with Crippen molar-refractivity contribution in [1.29, 1.82) is 0 Å². The van der Waals surface area contributed by atoms with Crippen LogP contribution < -0.4 is 0 Å². The Morgan fingerprint density at radius 1 is 1.07 bits per heavy atom. The molecule has 3 fully saturated rings. The quantitative estimate of drug-likeness (QED) is 0.839. The summed E-state index contributed by atoms with van der Waals surface area (Å²) in [5.74, 6) is -2.80. The van der Waals surface area contributed by atoms with Gasteiger partial charge in [0.05, 0.1) is 13.2 Å². The number of carbonyl (C=O) groups is 1. The van der Waals surface area contributed by atoms with Gasteiger partial charge in [-0.2, -0.15) is 0 Å². The summed E-state index contributed by atoms with van der Waals surface area (Å²) in [5.41, 5.74) is -1.39. The molecule has 1 unspecified atom stereocenters. The number of hydrogen-bond donors (Lipinski definition) is 1. The van der Waals surface area contributed by atoms with E-state index in [1.54, 1.807) is 0 Å². The van der Waals surface area contributed by atoms with E-state index >= 15 is 0 Å². The van der Waals surface area contributed by atoms with Crippen molar-refractivity contribution in [3.8, 4) is 0 Å². The van der Waals surface area contributed by atoms with Crippen molar-refractivity contribution in [3.05, 3.63) is 35.4 Å². The largest absolute Gasteiger partial charge is 0.379 e. The molecule has 28 heavy (non-hydrogen) atoms. The minimum Gasteiger partial charge on any atom is -0.379 e. The molecular weight excluding hydrogens is 370 g/mol. The van der Waals surface area contributed by atoms with Crippen LogP contribution in [0.15, 0.2) is 18.2 Å². The molecule has 1 N–H and O–H groups in total. The second-order valence-electron chi connectivity index (χ2n) is 7.96. The highest BCUT2D eigenvalue weighted by Gasteiger charge is 2.46. The van der Waals surface area contributed by atoms with Gasteiger partial charge in [-0.15, -0.1) is 0 Å². The SMILES string of the molecule is O=C1N(Cc2cccc(F)c2F)CCCC1(O)CN1CCC2(CC1)OCCO2. The van der Waals surface area contributed by atoms with E-state index in [1.807, 2.05) is 0 Å². The number of benzene rings is 1. The molecular formula is C20H26F2N2O4. The number of amides is 1. The number of halogens is 2. The van der Waals surface area contributed by atoms with Crippen LogP contribution >= 0.6 is 0 Å². The maximum absolute atomic E-state index is 14.0. The number of β-amino-alcohol motifs (C(OH)–C–C–N with tert-alkyl or cyclic N) is 1. The maximum atomic E-state index is 14.0. The molecule has 1 amide bonds. The highest BCUT2D eigenvalue weighted by molar-refractivity contribution is 5.86. The lowest BCUT2D eigenvalue weighted by molar-refractivity contribution is -0.191. The summed E-state index contributed by atoms with van der Waals surface area (Å²) in [6.45, 7) is 3.16. The van der Waals surface area contributed by atoms with Crippen LogP contribution in [-0.2, 0) is 20.8 Å². The topological polar surface area (TPSA) is 62.2 Å². The third-order valence-electron chi connectivity index (χ3n) is 6.01. The van der Waals surface area contributed by atoms with Crippen LogP contribution in [0, 0.1) is 11.6 Å². The molecule has 1 aromatic carbocycles. The molecule has 0 radical (unpaired) electrons. The van der Waals surface area contributed by atoms with Crippen LogP contribution in [0.2, 0.25) is 0 Å². The van der Waals surface area contributed by atoms with Gasteiger partial charge >= 0.3 is 0 Å². The van der Waals surface area contributed by atoms with E-state index in [1.165, 1.54) is 17.0 Å². The van der Waals surface area contributed by atoms with E-state index in [4.69, 9.17) is 9.47 Å². The second-order valence-corrected chi connectivity index (χ2v) is 7.96. The smallest absolute Gasteiger partial charge is 0.256 e. The Balaban J connectivity index is 1.40. The summed E-state index contributed by atoms with van der Waals surface area (Å²) in [6, 6.07) is 3.93. The second kappa shape index (κ2) is 7.67. The summed E-state index contributed by atoms with van der Waals surface area (Å²) < 4.78 is 38.9. The Morgan fingerprint density at radius 2 is 1.79 bits per heavy atom. The summed E-state index contributed by atoms with van der Waals surface area (Å²) in [7, 11) is 0. The normalized spacial score (nSPS) is 28.2. The molecule has 1 aromatic rings. The monoisotopic (exact) mass is 396 g/mol. The van der Waals surface area contributed by atoms with E-state index in [-0.39, 0.29) is 18.7 Å². The number of nitrogens with zero attached hydrogens (tertiary/aromatic N) is 2. The summed E-state index contributed by atoms with van der Waals surface area (Å²) in [6.07, 6.45) is 2.39. The Kier molecular flexibility index (Phi) is 5.39. The van der Waals surface area contributed by atoms with Gasteiger partial charge in [0, 0.05) is 51.1 Å². The van der Waals surface area contributed by atoms with Crippen LogP contribution in [0.4, 0.5) is 8.78 Å². The van der Waals surface area contributed by atoms with Crippen LogP contribution in [-0.4, -0.2) is 71.6 Å². The molecule has 0 bridgehead atoms. The van der Waals surface area contributed by atoms with E-state index in [2.05, 4.69) is 4.90 Å². The van der Waals surface area contributed by atoms with Crippen molar-refractivity contribution in [1.82, 2.24) is 9.80 Å². The highest BCUT2D eigenvalue weighted by Crippen LogP contribution is 2.33. The molecule has 4 rings (SSSR count). The van der Waals surface area contributed by atoms with Crippen LogP contribution in [0.5, 0.6) is 0 Å². The molecule has 3 saturated heterocycles. The van der Waals surface area contributed by atoms with Gasteiger partial charge in [0.25, 0.3) is 5.91 Å². The van der Waals surface area contributed by atoms with Crippen molar-refractivity contribution in [2.24, 2.45) is 0 Å². The van der Waals surface area contributed by atoms with Gasteiger partial charge in [-0.3, -0.25) is 9.69 Å². The molecule has 6 nitrogen and oxygen atoms in total. The molecule has 1 spiro atoms. The fourth-order valence-corrected chi connectivity index (χ4v) is 4.45. The van der Waals surface area contributed by atoms with Crippen LogP contribution in [0.25, 0.3) is 0 Å². The van der Waals surface area contributed by atoms with E-state index in [9.17, 15) is 18.7 Å². The molecule has 8 heteroatoms. The summed E-state index contributed by atoms with van der Waals surface area (Å²) in [4.78, 5) is 16.4. The number of likely N-dealkylation sites (tertiary alicyclic amines) is 2. The minimum absolute atomic E-state index is 0.0461. The van der Waals surface area contributed by atoms with Gasteiger partial charge in [0.2, 0.25) is 0 Å². The van der Waals surface area contributed by atoms with Crippen molar-refractivity contribution in [2.45, 2.75) is 43.6 Å². The molecule has 3 aliphatic heterocycles. The first-order valence-corrected chi connectivity index (χ1v) is 9.86. The van der Waals surface area contributed by atoms with Crippen molar-refractivity contribution in [3.63, 3.8) is 0 Å². The zero-order valence-corrected chi connectivity index (χ0v) is 15.8. The Bertz CT molecular complexity index is 731. The standard InChI is InChI=1S/C20H26F2N2O4/c21-16-4-1-3-15(17(16)22)13-24-8-2-5-19(26,18(24)25)14-23-9-6-20(7-10-23)27-11-12-28-20/h1,3-4,26H,2,5-14H2. The fraction of sp³-hybridized carbons (Fsp3) is 0.650. The van der Waals surface area contributed by atoms with Gasteiger partial charge in [0.1, 0.15) is 0 Å². The molecule has 3 heterocycles. The first-order valence-electron chi connectivity index (χ1n) is 9.86. The fourth-order valence-electron chi connectivity index (χ4n) is 4.45. The van der Waals surface area contributed by atoms with E-state index in [0.717, 1.165) is 6.07 Å². The Morgan fingerprint density at radius 3 is 2.50 bits per heavy atom. The zero-order valence-electron chi connectivity index (χ0n) is 15.8. The minimum atomic E-state index is -1.51. The molecule has 3 aliphatic rings. The molecule has 0 aliphatic carbocycles. The lowest BCUT2D eigenvalue weighted by atomic mass is 9.89. The lowest BCUT2D eigenvalue weighted by Crippen LogP contribution is -2.59.